The van der Waals surface area contributed by atoms with Crippen molar-refractivity contribution in [1.82, 2.24) is 0 Å². The van der Waals surface area contributed by atoms with Crippen LogP contribution in [0.1, 0.15) is 31.7 Å². The predicted molar refractivity (Wildman–Crippen MR) is 62.6 cm³/mol. The summed E-state index contributed by atoms with van der Waals surface area (Å²) in [7, 11) is 0. The van der Waals surface area contributed by atoms with Gasteiger partial charge in [-0.3, -0.25) is 0 Å². The summed E-state index contributed by atoms with van der Waals surface area (Å²) >= 11 is 0. The van der Waals surface area contributed by atoms with Crippen molar-refractivity contribution in [3.05, 3.63) is 35.9 Å². The highest BCUT2D eigenvalue weighted by atomic mass is 16.7. The van der Waals surface area contributed by atoms with Gasteiger partial charge in [0.25, 0.3) is 0 Å². The van der Waals surface area contributed by atoms with Crippen molar-refractivity contribution in [3.63, 3.8) is 0 Å². The van der Waals surface area contributed by atoms with E-state index in [4.69, 9.17) is 9.84 Å². The van der Waals surface area contributed by atoms with Crippen molar-refractivity contribution in [2.45, 2.75) is 38.7 Å². The largest absolute Gasteiger partial charge is 0.506 e. The number of carbonyl (C=O) groups is 1. The van der Waals surface area contributed by atoms with Crippen LogP contribution in [0.2, 0.25) is 0 Å². The summed E-state index contributed by atoms with van der Waals surface area (Å²) in [6.45, 7) is 1.94. The molecule has 0 saturated heterocycles. The van der Waals surface area contributed by atoms with Crippen LogP contribution in [0.3, 0.4) is 0 Å². The molecule has 0 aromatic heterocycles. The molecular formula is C13H18O3. The van der Waals surface area contributed by atoms with E-state index in [1.807, 2.05) is 25.1 Å². The number of ether oxygens (including phenoxy) is 1. The summed E-state index contributed by atoms with van der Waals surface area (Å²) in [4.78, 5) is 10.4. The maximum Gasteiger partial charge on any atom is 0.506 e. The maximum atomic E-state index is 10.4. The number of aryl methyl sites for hydroxylation is 1. The second-order valence-electron chi connectivity index (χ2n) is 3.79. The Morgan fingerprint density at radius 2 is 2.06 bits per heavy atom. The molecule has 0 radical (unpaired) electrons. The van der Waals surface area contributed by atoms with Gasteiger partial charge in [0.1, 0.15) is 6.10 Å². The van der Waals surface area contributed by atoms with Crippen molar-refractivity contribution in [3.8, 4) is 0 Å². The highest BCUT2D eigenvalue weighted by molar-refractivity contribution is 5.57. The maximum absolute atomic E-state index is 10.4. The molecule has 1 atom stereocenters. The molecule has 88 valence electrons. The first-order chi connectivity index (χ1) is 7.72. The third-order valence-corrected chi connectivity index (χ3v) is 2.56. The Hall–Kier alpha value is -1.51. The predicted octanol–water partition coefficient (Wildman–Crippen LogP) is 3.48. The molecule has 16 heavy (non-hydrogen) atoms. The van der Waals surface area contributed by atoms with E-state index in [0.29, 0.717) is 0 Å². The molecule has 0 aliphatic carbocycles. The van der Waals surface area contributed by atoms with Crippen LogP contribution < -0.4 is 0 Å². The lowest BCUT2D eigenvalue weighted by molar-refractivity contribution is 0.0458. The van der Waals surface area contributed by atoms with E-state index in [1.54, 1.807) is 0 Å². The van der Waals surface area contributed by atoms with E-state index in [9.17, 15) is 4.79 Å². The Balaban J connectivity index is 2.26. The Morgan fingerprint density at radius 1 is 1.38 bits per heavy atom. The first-order valence-electron chi connectivity index (χ1n) is 5.66. The summed E-state index contributed by atoms with van der Waals surface area (Å²) in [6.07, 6.45) is 2.11. The van der Waals surface area contributed by atoms with Crippen LogP contribution in [0, 0.1) is 0 Å². The first-order valence-corrected chi connectivity index (χ1v) is 5.66. The standard InChI is InChI=1S/C13H18O3/c1-2-12(16-13(14)15)10-6-9-11-7-4-3-5-8-11/h3-5,7-8,12H,2,6,9-10H2,1H3,(H,14,15). The molecule has 0 aliphatic heterocycles. The fourth-order valence-electron chi connectivity index (χ4n) is 1.67. The molecular weight excluding hydrogens is 204 g/mol. The van der Waals surface area contributed by atoms with Gasteiger partial charge >= 0.3 is 6.16 Å². The molecule has 0 aliphatic rings. The molecule has 1 unspecified atom stereocenters. The quantitative estimate of drug-likeness (QED) is 0.749. The van der Waals surface area contributed by atoms with Gasteiger partial charge in [0, 0.05) is 0 Å². The third kappa shape index (κ3) is 4.82. The number of rotatable bonds is 6. The van der Waals surface area contributed by atoms with Crippen LogP contribution in [0.25, 0.3) is 0 Å². The zero-order valence-corrected chi connectivity index (χ0v) is 9.56. The second kappa shape index (κ2) is 6.88. The fraction of sp³-hybridized carbons (Fsp3) is 0.462. The van der Waals surface area contributed by atoms with Crippen LogP contribution in [-0.4, -0.2) is 17.4 Å². The number of carboxylic acid groups (broad SMARTS) is 1. The Labute approximate surface area is 96.1 Å². The lowest BCUT2D eigenvalue weighted by Gasteiger charge is -2.13. The van der Waals surface area contributed by atoms with Gasteiger partial charge in [-0.15, -0.1) is 0 Å². The number of hydrogen-bond acceptors (Lipinski definition) is 2. The van der Waals surface area contributed by atoms with Gasteiger partial charge < -0.3 is 9.84 Å². The fourth-order valence-corrected chi connectivity index (χ4v) is 1.67. The van der Waals surface area contributed by atoms with Crippen molar-refractivity contribution in [2.24, 2.45) is 0 Å². The number of hydrogen-bond donors (Lipinski definition) is 1. The van der Waals surface area contributed by atoms with Crippen molar-refractivity contribution < 1.29 is 14.6 Å². The summed E-state index contributed by atoms with van der Waals surface area (Å²) < 4.78 is 4.75. The molecule has 0 bridgehead atoms. The second-order valence-corrected chi connectivity index (χ2v) is 3.79. The molecule has 1 aromatic rings. The Morgan fingerprint density at radius 3 is 2.62 bits per heavy atom. The molecule has 0 fully saturated rings. The molecule has 0 spiro atoms. The average molecular weight is 222 g/mol. The van der Waals surface area contributed by atoms with E-state index in [0.717, 1.165) is 25.7 Å². The monoisotopic (exact) mass is 222 g/mol. The van der Waals surface area contributed by atoms with Crippen LogP contribution >= 0.6 is 0 Å². The third-order valence-electron chi connectivity index (χ3n) is 2.56. The molecule has 1 N–H and O–H groups in total. The Kier molecular flexibility index (Phi) is 5.40. The zero-order chi connectivity index (χ0) is 11.8. The molecule has 1 rings (SSSR count). The summed E-state index contributed by atoms with van der Waals surface area (Å²) in [5.41, 5.74) is 1.28. The van der Waals surface area contributed by atoms with Crippen LogP contribution in [-0.2, 0) is 11.2 Å². The van der Waals surface area contributed by atoms with Crippen LogP contribution in [0.15, 0.2) is 30.3 Å². The van der Waals surface area contributed by atoms with Gasteiger partial charge in [0.05, 0.1) is 0 Å². The normalized spacial score (nSPS) is 12.1. The van der Waals surface area contributed by atoms with Gasteiger partial charge in [0.2, 0.25) is 0 Å². The molecule has 0 saturated carbocycles. The van der Waals surface area contributed by atoms with E-state index >= 15 is 0 Å². The molecule has 3 heteroatoms. The van der Waals surface area contributed by atoms with Gasteiger partial charge in [-0.25, -0.2) is 4.79 Å². The lowest BCUT2D eigenvalue weighted by Crippen LogP contribution is -2.15. The van der Waals surface area contributed by atoms with E-state index in [1.165, 1.54) is 5.56 Å². The molecule has 3 nitrogen and oxygen atoms in total. The minimum Gasteiger partial charge on any atom is -0.450 e. The topological polar surface area (TPSA) is 46.5 Å². The van der Waals surface area contributed by atoms with Crippen LogP contribution in [0.5, 0.6) is 0 Å². The average Bonchev–Trinajstić information content (AvgIpc) is 2.28. The van der Waals surface area contributed by atoms with E-state index < -0.39 is 6.16 Å². The smallest absolute Gasteiger partial charge is 0.450 e. The highest BCUT2D eigenvalue weighted by Crippen LogP contribution is 2.11. The van der Waals surface area contributed by atoms with Crippen molar-refractivity contribution >= 4 is 6.16 Å². The summed E-state index contributed by atoms with van der Waals surface area (Å²) in [6, 6.07) is 10.2. The zero-order valence-electron chi connectivity index (χ0n) is 9.56. The minimum atomic E-state index is -1.17. The van der Waals surface area contributed by atoms with Crippen molar-refractivity contribution in [2.75, 3.05) is 0 Å². The summed E-state index contributed by atoms with van der Waals surface area (Å²) in [5.74, 6) is 0. The number of benzene rings is 1. The highest BCUT2D eigenvalue weighted by Gasteiger charge is 2.10. The van der Waals surface area contributed by atoms with Gasteiger partial charge in [-0.1, -0.05) is 37.3 Å². The van der Waals surface area contributed by atoms with Gasteiger partial charge in [-0.2, -0.15) is 0 Å². The van der Waals surface area contributed by atoms with Gasteiger partial charge in [-0.05, 0) is 31.2 Å². The Bertz CT molecular complexity index is 308. The molecule has 0 heterocycles. The SMILES string of the molecule is CCC(CCCc1ccccc1)OC(=O)O. The van der Waals surface area contributed by atoms with E-state index in [2.05, 4.69) is 12.1 Å². The van der Waals surface area contributed by atoms with Gasteiger partial charge in [0.15, 0.2) is 0 Å². The van der Waals surface area contributed by atoms with Crippen LogP contribution in [0.4, 0.5) is 4.79 Å². The molecule has 1 aromatic carbocycles. The first kappa shape index (κ1) is 12.6. The van der Waals surface area contributed by atoms with E-state index in [-0.39, 0.29) is 6.10 Å². The molecule has 0 amide bonds. The summed E-state index contributed by atoms with van der Waals surface area (Å²) in [5, 5.41) is 8.51. The lowest BCUT2D eigenvalue weighted by atomic mass is 10.1. The minimum absolute atomic E-state index is 0.166. The van der Waals surface area contributed by atoms with Crippen molar-refractivity contribution in [1.29, 1.82) is 0 Å².